The van der Waals surface area contributed by atoms with Gasteiger partial charge in [-0.3, -0.25) is 0 Å². The van der Waals surface area contributed by atoms with Gasteiger partial charge in [-0.25, -0.2) is 0 Å². The molecular weight excluding hydrogens is 196 g/mol. The Morgan fingerprint density at radius 1 is 0.875 bits per heavy atom. The van der Waals surface area contributed by atoms with E-state index in [1.54, 1.807) is 0 Å². The zero-order chi connectivity index (χ0) is 12.1. The van der Waals surface area contributed by atoms with E-state index in [1.165, 1.54) is 38.5 Å². The number of hydrogen-bond donors (Lipinski definition) is 1. The van der Waals surface area contributed by atoms with E-state index in [2.05, 4.69) is 18.8 Å². The summed E-state index contributed by atoms with van der Waals surface area (Å²) in [5.74, 6) is 6.00. The van der Waals surface area contributed by atoms with Crippen LogP contribution in [0.15, 0.2) is 0 Å². The van der Waals surface area contributed by atoms with Crippen molar-refractivity contribution in [2.24, 2.45) is 0 Å². The van der Waals surface area contributed by atoms with Crippen molar-refractivity contribution in [1.82, 2.24) is 0 Å². The van der Waals surface area contributed by atoms with Crippen molar-refractivity contribution in [3.05, 3.63) is 0 Å². The van der Waals surface area contributed by atoms with Crippen LogP contribution in [0.3, 0.4) is 0 Å². The van der Waals surface area contributed by atoms with Crippen LogP contribution in [0.4, 0.5) is 0 Å². The molecule has 0 bridgehead atoms. The normalized spacial score (nSPS) is 11.9. The summed E-state index contributed by atoms with van der Waals surface area (Å²) in [7, 11) is 0. The summed E-state index contributed by atoms with van der Waals surface area (Å²) in [5, 5.41) is 9.61. The van der Waals surface area contributed by atoms with Gasteiger partial charge < -0.3 is 5.11 Å². The van der Waals surface area contributed by atoms with Crippen LogP contribution < -0.4 is 0 Å². The SMILES string of the molecule is CCC#CCC(O)CCCCCCCCC. The molecule has 16 heavy (non-hydrogen) atoms. The lowest BCUT2D eigenvalue weighted by atomic mass is 10.1. The topological polar surface area (TPSA) is 20.2 Å². The average molecular weight is 224 g/mol. The average Bonchev–Trinajstić information content (AvgIpc) is 2.28. The highest BCUT2D eigenvalue weighted by molar-refractivity contribution is 4.99. The first kappa shape index (κ1) is 15.5. The maximum Gasteiger partial charge on any atom is 0.0649 e. The molecule has 0 heterocycles. The minimum atomic E-state index is -0.199. The van der Waals surface area contributed by atoms with Gasteiger partial charge in [0.1, 0.15) is 0 Å². The zero-order valence-corrected chi connectivity index (χ0v) is 11.1. The van der Waals surface area contributed by atoms with E-state index in [0.29, 0.717) is 6.42 Å². The number of aliphatic hydroxyl groups is 1. The molecule has 94 valence electrons. The van der Waals surface area contributed by atoms with Crippen LogP contribution in [0.2, 0.25) is 0 Å². The Labute approximate surface area is 102 Å². The van der Waals surface area contributed by atoms with Crippen molar-refractivity contribution >= 4 is 0 Å². The first-order valence-corrected chi connectivity index (χ1v) is 6.95. The minimum absolute atomic E-state index is 0.199. The molecule has 0 aliphatic rings. The standard InChI is InChI=1S/C15H28O/c1-3-5-7-8-9-10-12-14-15(16)13-11-6-4-2/h15-16H,3-5,7-10,12-14H2,1-2H3. The minimum Gasteiger partial charge on any atom is -0.392 e. The molecule has 1 N–H and O–H groups in total. The van der Waals surface area contributed by atoms with E-state index in [-0.39, 0.29) is 6.10 Å². The van der Waals surface area contributed by atoms with E-state index < -0.39 is 0 Å². The number of hydrogen-bond acceptors (Lipinski definition) is 1. The number of rotatable bonds is 9. The fourth-order valence-electron chi connectivity index (χ4n) is 1.75. The van der Waals surface area contributed by atoms with Crippen molar-refractivity contribution in [2.75, 3.05) is 0 Å². The molecule has 0 radical (unpaired) electrons. The second-order valence-electron chi connectivity index (χ2n) is 4.48. The highest BCUT2D eigenvalue weighted by Gasteiger charge is 2.00. The van der Waals surface area contributed by atoms with E-state index in [0.717, 1.165) is 19.3 Å². The number of aliphatic hydroxyl groups excluding tert-OH is 1. The zero-order valence-electron chi connectivity index (χ0n) is 11.1. The van der Waals surface area contributed by atoms with Gasteiger partial charge in [0.2, 0.25) is 0 Å². The summed E-state index contributed by atoms with van der Waals surface area (Å²) in [6.45, 7) is 4.28. The smallest absolute Gasteiger partial charge is 0.0649 e. The second kappa shape index (κ2) is 12.6. The first-order chi connectivity index (χ1) is 7.81. The van der Waals surface area contributed by atoms with E-state index in [9.17, 15) is 5.11 Å². The van der Waals surface area contributed by atoms with Crippen molar-refractivity contribution in [1.29, 1.82) is 0 Å². The van der Waals surface area contributed by atoms with Crippen molar-refractivity contribution in [3.63, 3.8) is 0 Å². The van der Waals surface area contributed by atoms with Gasteiger partial charge in [0.25, 0.3) is 0 Å². The summed E-state index contributed by atoms with van der Waals surface area (Å²) in [4.78, 5) is 0. The third-order valence-corrected chi connectivity index (χ3v) is 2.78. The number of unbranched alkanes of at least 4 members (excludes halogenated alkanes) is 6. The van der Waals surface area contributed by atoms with Gasteiger partial charge in [-0.15, -0.1) is 11.8 Å². The van der Waals surface area contributed by atoms with Crippen LogP contribution in [0.5, 0.6) is 0 Å². The van der Waals surface area contributed by atoms with Gasteiger partial charge in [-0.1, -0.05) is 58.8 Å². The summed E-state index contributed by atoms with van der Waals surface area (Å²) in [5.41, 5.74) is 0. The molecule has 0 aliphatic carbocycles. The van der Waals surface area contributed by atoms with Crippen LogP contribution in [-0.4, -0.2) is 11.2 Å². The van der Waals surface area contributed by atoms with Gasteiger partial charge in [0.05, 0.1) is 6.10 Å². The quantitative estimate of drug-likeness (QED) is 0.457. The van der Waals surface area contributed by atoms with Crippen LogP contribution in [0, 0.1) is 11.8 Å². The molecule has 0 amide bonds. The van der Waals surface area contributed by atoms with E-state index in [4.69, 9.17) is 0 Å². The van der Waals surface area contributed by atoms with Gasteiger partial charge in [0.15, 0.2) is 0 Å². The van der Waals surface area contributed by atoms with Crippen LogP contribution in [0.25, 0.3) is 0 Å². The molecule has 0 aromatic heterocycles. The Hall–Kier alpha value is -0.480. The highest BCUT2D eigenvalue weighted by Crippen LogP contribution is 2.10. The van der Waals surface area contributed by atoms with Crippen molar-refractivity contribution < 1.29 is 5.11 Å². The molecule has 1 nitrogen and oxygen atoms in total. The molecule has 0 aliphatic heterocycles. The van der Waals surface area contributed by atoms with Crippen molar-refractivity contribution in [3.8, 4) is 11.8 Å². The molecule has 0 aromatic carbocycles. The Kier molecular flexibility index (Phi) is 12.2. The molecule has 1 atom stereocenters. The Morgan fingerprint density at radius 3 is 2.12 bits per heavy atom. The Morgan fingerprint density at radius 2 is 1.50 bits per heavy atom. The predicted octanol–water partition coefficient (Wildman–Crippen LogP) is 4.29. The Bertz CT molecular complexity index is 187. The van der Waals surface area contributed by atoms with Gasteiger partial charge >= 0.3 is 0 Å². The van der Waals surface area contributed by atoms with Crippen molar-refractivity contribution in [2.45, 2.75) is 84.2 Å². The molecule has 0 rings (SSSR count). The maximum atomic E-state index is 9.61. The molecule has 1 unspecified atom stereocenters. The maximum absolute atomic E-state index is 9.61. The molecular formula is C15H28O. The van der Waals surface area contributed by atoms with Gasteiger partial charge in [-0.2, -0.15) is 0 Å². The lowest BCUT2D eigenvalue weighted by Crippen LogP contribution is -2.04. The molecule has 1 heteroatoms. The third kappa shape index (κ3) is 11.6. The fourth-order valence-corrected chi connectivity index (χ4v) is 1.75. The summed E-state index contributed by atoms with van der Waals surface area (Å²) in [6, 6.07) is 0. The Balaban J connectivity index is 3.18. The van der Waals surface area contributed by atoms with E-state index in [1.807, 2.05) is 6.92 Å². The molecule has 0 saturated carbocycles. The molecule has 0 saturated heterocycles. The van der Waals surface area contributed by atoms with Crippen LogP contribution in [-0.2, 0) is 0 Å². The molecule has 0 fully saturated rings. The van der Waals surface area contributed by atoms with Gasteiger partial charge in [0, 0.05) is 12.8 Å². The predicted molar refractivity (Wildman–Crippen MR) is 71.3 cm³/mol. The highest BCUT2D eigenvalue weighted by atomic mass is 16.3. The molecule has 0 aromatic rings. The lowest BCUT2D eigenvalue weighted by Gasteiger charge is -2.06. The van der Waals surface area contributed by atoms with Gasteiger partial charge in [-0.05, 0) is 6.42 Å². The summed E-state index contributed by atoms with van der Waals surface area (Å²) >= 11 is 0. The van der Waals surface area contributed by atoms with E-state index >= 15 is 0 Å². The van der Waals surface area contributed by atoms with Crippen LogP contribution >= 0.6 is 0 Å². The second-order valence-corrected chi connectivity index (χ2v) is 4.48. The third-order valence-electron chi connectivity index (χ3n) is 2.78. The monoisotopic (exact) mass is 224 g/mol. The lowest BCUT2D eigenvalue weighted by molar-refractivity contribution is 0.166. The van der Waals surface area contributed by atoms with Crippen LogP contribution in [0.1, 0.15) is 78.1 Å². The largest absolute Gasteiger partial charge is 0.392 e. The summed E-state index contributed by atoms with van der Waals surface area (Å²) < 4.78 is 0. The molecule has 0 spiro atoms. The fraction of sp³-hybridized carbons (Fsp3) is 0.867. The first-order valence-electron chi connectivity index (χ1n) is 6.95. The summed E-state index contributed by atoms with van der Waals surface area (Å²) in [6.07, 6.45) is 11.4.